The third-order valence-corrected chi connectivity index (χ3v) is 4.00. The fraction of sp³-hybridized carbons (Fsp3) is 0.133. The summed E-state index contributed by atoms with van der Waals surface area (Å²) >= 11 is 11.7. The summed E-state index contributed by atoms with van der Waals surface area (Å²) in [5.41, 5.74) is -1.41. The summed E-state index contributed by atoms with van der Waals surface area (Å²) in [7, 11) is 0. The zero-order chi connectivity index (χ0) is 17.2. The minimum absolute atomic E-state index is 0.130. The number of hydrogen-bond donors (Lipinski definition) is 2. The fourth-order valence-electron chi connectivity index (χ4n) is 1.87. The number of amides is 1. The van der Waals surface area contributed by atoms with E-state index in [1.807, 2.05) is 0 Å². The lowest BCUT2D eigenvalue weighted by Gasteiger charge is -2.22. The van der Waals surface area contributed by atoms with Crippen molar-refractivity contribution in [2.75, 3.05) is 5.32 Å². The average molecular weight is 355 g/mol. The van der Waals surface area contributed by atoms with Crippen molar-refractivity contribution in [1.82, 2.24) is 0 Å². The molecule has 0 aliphatic rings. The van der Waals surface area contributed by atoms with Crippen molar-refractivity contribution in [2.45, 2.75) is 12.5 Å². The number of nitro groups is 1. The van der Waals surface area contributed by atoms with Gasteiger partial charge in [0.05, 0.1) is 15.0 Å². The summed E-state index contributed by atoms with van der Waals surface area (Å²) in [5.74, 6) is -0.704. The maximum absolute atomic E-state index is 12.3. The van der Waals surface area contributed by atoms with Crippen LogP contribution in [0.25, 0.3) is 0 Å². The first-order valence-corrected chi connectivity index (χ1v) is 7.21. The van der Waals surface area contributed by atoms with Crippen LogP contribution < -0.4 is 5.32 Å². The van der Waals surface area contributed by atoms with Gasteiger partial charge in [0.15, 0.2) is 5.60 Å². The minimum atomic E-state index is -1.87. The Morgan fingerprint density at radius 3 is 2.30 bits per heavy atom. The summed E-state index contributed by atoms with van der Waals surface area (Å²) in [6.45, 7) is 1.29. The van der Waals surface area contributed by atoms with E-state index >= 15 is 0 Å². The second kappa shape index (κ2) is 6.54. The molecule has 0 saturated heterocycles. The number of nitrogens with one attached hydrogen (secondary N) is 1. The van der Waals surface area contributed by atoms with Gasteiger partial charge < -0.3 is 10.4 Å². The molecular formula is C15H12Cl2N2O4. The Kier molecular flexibility index (Phi) is 4.89. The molecule has 2 N–H and O–H groups in total. The summed E-state index contributed by atoms with van der Waals surface area (Å²) in [5, 5.41) is 24.2. The molecule has 120 valence electrons. The van der Waals surface area contributed by atoms with Crippen molar-refractivity contribution in [2.24, 2.45) is 0 Å². The van der Waals surface area contributed by atoms with Gasteiger partial charge in [0.2, 0.25) is 0 Å². The van der Waals surface area contributed by atoms with Crippen LogP contribution in [0.2, 0.25) is 10.0 Å². The van der Waals surface area contributed by atoms with Gasteiger partial charge in [0.25, 0.3) is 11.6 Å². The number of carbonyl (C=O) groups is 1. The molecular weight excluding hydrogens is 343 g/mol. The number of non-ortho nitro benzene ring substituents is 1. The number of nitro benzene ring substituents is 1. The molecule has 2 aromatic rings. The number of nitrogens with zero attached hydrogens (tertiary/aromatic N) is 1. The Hall–Kier alpha value is -2.15. The first-order valence-electron chi connectivity index (χ1n) is 6.45. The van der Waals surface area contributed by atoms with E-state index in [0.29, 0.717) is 10.7 Å². The normalized spacial score (nSPS) is 13.2. The first-order chi connectivity index (χ1) is 10.7. The molecule has 0 bridgehead atoms. The zero-order valence-electron chi connectivity index (χ0n) is 11.9. The molecule has 0 spiro atoms. The Balaban J connectivity index is 2.22. The first kappa shape index (κ1) is 17.2. The highest BCUT2D eigenvalue weighted by Gasteiger charge is 2.33. The molecule has 0 heterocycles. The van der Waals surface area contributed by atoms with Gasteiger partial charge in [-0.25, -0.2) is 0 Å². The van der Waals surface area contributed by atoms with Gasteiger partial charge in [-0.15, -0.1) is 0 Å². The third kappa shape index (κ3) is 3.79. The van der Waals surface area contributed by atoms with Gasteiger partial charge >= 0.3 is 0 Å². The van der Waals surface area contributed by atoms with Crippen LogP contribution in [0.15, 0.2) is 42.5 Å². The summed E-state index contributed by atoms with van der Waals surface area (Å²) in [6, 6.07) is 9.59. The molecule has 0 radical (unpaired) electrons. The molecule has 23 heavy (non-hydrogen) atoms. The van der Waals surface area contributed by atoms with E-state index < -0.39 is 16.4 Å². The smallest absolute Gasteiger partial charge is 0.269 e. The van der Waals surface area contributed by atoms with Crippen LogP contribution in [-0.4, -0.2) is 15.9 Å². The van der Waals surface area contributed by atoms with E-state index in [1.165, 1.54) is 49.4 Å². The lowest BCUT2D eigenvalue weighted by molar-refractivity contribution is -0.384. The fourth-order valence-corrected chi connectivity index (χ4v) is 2.16. The monoisotopic (exact) mass is 354 g/mol. The zero-order valence-corrected chi connectivity index (χ0v) is 13.4. The molecule has 2 rings (SSSR count). The largest absolute Gasteiger partial charge is 0.376 e. The molecule has 0 aliphatic heterocycles. The molecule has 0 saturated carbocycles. The predicted octanol–water partition coefficient (Wildman–Crippen LogP) is 3.75. The van der Waals surface area contributed by atoms with Crippen LogP contribution in [0.5, 0.6) is 0 Å². The van der Waals surface area contributed by atoms with Crippen LogP contribution in [0.3, 0.4) is 0 Å². The Morgan fingerprint density at radius 2 is 1.78 bits per heavy atom. The topological polar surface area (TPSA) is 92.5 Å². The van der Waals surface area contributed by atoms with Gasteiger partial charge in [0, 0.05) is 17.8 Å². The molecule has 0 fully saturated rings. The van der Waals surface area contributed by atoms with E-state index in [0.717, 1.165) is 0 Å². The molecule has 8 heteroatoms. The highest BCUT2D eigenvalue weighted by atomic mass is 35.5. The number of anilines is 1. The van der Waals surface area contributed by atoms with Crippen LogP contribution in [-0.2, 0) is 10.4 Å². The maximum Gasteiger partial charge on any atom is 0.269 e. The standard InChI is InChI=1S/C15H12Cl2N2O4/c1-15(21,9-2-5-11(6-3-9)19(22)23)14(20)18-10-4-7-12(16)13(17)8-10/h2-8,21H,1H3,(H,18,20). The van der Waals surface area contributed by atoms with Gasteiger partial charge in [-0.3, -0.25) is 14.9 Å². The summed E-state index contributed by atoms with van der Waals surface area (Å²) in [4.78, 5) is 22.4. The minimum Gasteiger partial charge on any atom is -0.376 e. The second-order valence-electron chi connectivity index (χ2n) is 4.96. The number of rotatable bonds is 4. The molecule has 1 amide bonds. The van der Waals surface area contributed by atoms with E-state index in [1.54, 1.807) is 0 Å². The van der Waals surface area contributed by atoms with E-state index in [4.69, 9.17) is 23.2 Å². The quantitative estimate of drug-likeness (QED) is 0.645. The summed E-state index contributed by atoms with van der Waals surface area (Å²) < 4.78 is 0. The van der Waals surface area contributed by atoms with Crippen LogP contribution in [0.4, 0.5) is 11.4 Å². The number of benzene rings is 2. The molecule has 0 aliphatic carbocycles. The van der Waals surface area contributed by atoms with Crippen LogP contribution in [0.1, 0.15) is 12.5 Å². The van der Waals surface area contributed by atoms with Crippen molar-refractivity contribution < 1.29 is 14.8 Å². The van der Waals surface area contributed by atoms with E-state index in [-0.39, 0.29) is 16.3 Å². The predicted molar refractivity (Wildman–Crippen MR) is 87.8 cm³/mol. The van der Waals surface area contributed by atoms with Crippen molar-refractivity contribution in [1.29, 1.82) is 0 Å². The van der Waals surface area contributed by atoms with Crippen LogP contribution >= 0.6 is 23.2 Å². The number of hydrogen-bond acceptors (Lipinski definition) is 4. The number of halogens is 2. The van der Waals surface area contributed by atoms with Gasteiger partial charge in [-0.1, -0.05) is 23.2 Å². The van der Waals surface area contributed by atoms with Crippen molar-refractivity contribution in [3.8, 4) is 0 Å². The molecule has 1 atom stereocenters. The van der Waals surface area contributed by atoms with Crippen molar-refractivity contribution >= 4 is 40.5 Å². The van der Waals surface area contributed by atoms with Gasteiger partial charge in [0.1, 0.15) is 0 Å². The lowest BCUT2D eigenvalue weighted by atomic mass is 9.94. The second-order valence-corrected chi connectivity index (χ2v) is 5.77. The van der Waals surface area contributed by atoms with Gasteiger partial charge in [-0.2, -0.15) is 0 Å². The number of carbonyl (C=O) groups excluding carboxylic acids is 1. The van der Waals surface area contributed by atoms with Gasteiger partial charge in [-0.05, 0) is 42.8 Å². The Bertz CT molecular complexity index is 761. The van der Waals surface area contributed by atoms with Crippen molar-refractivity contribution in [3.63, 3.8) is 0 Å². The number of aliphatic hydroxyl groups is 1. The Labute approximate surface area is 141 Å². The summed E-state index contributed by atoms with van der Waals surface area (Å²) in [6.07, 6.45) is 0. The molecule has 0 aromatic heterocycles. The molecule has 2 aromatic carbocycles. The highest BCUT2D eigenvalue weighted by Crippen LogP contribution is 2.28. The maximum atomic E-state index is 12.3. The Morgan fingerprint density at radius 1 is 1.17 bits per heavy atom. The average Bonchev–Trinajstić information content (AvgIpc) is 2.51. The highest BCUT2D eigenvalue weighted by molar-refractivity contribution is 6.42. The molecule has 6 nitrogen and oxygen atoms in total. The van der Waals surface area contributed by atoms with E-state index in [2.05, 4.69) is 5.32 Å². The van der Waals surface area contributed by atoms with Crippen molar-refractivity contribution in [3.05, 3.63) is 68.2 Å². The molecule has 1 unspecified atom stereocenters. The van der Waals surface area contributed by atoms with Crippen LogP contribution in [0, 0.1) is 10.1 Å². The van der Waals surface area contributed by atoms with E-state index in [9.17, 15) is 20.0 Å². The lowest BCUT2D eigenvalue weighted by Crippen LogP contribution is -2.37. The third-order valence-electron chi connectivity index (χ3n) is 3.26. The SMILES string of the molecule is CC(O)(C(=O)Nc1ccc(Cl)c(Cl)c1)c1ccc([N+](=O)[O-])cc1.